The predicted octanol–water partition coefficient (Wildman–Crippen LogP) is 3.23. The van der Waals surface area contributed by atoms with E-state index in [4.69, 9.17) is 0 Å². The van der Waals surface area contributed by atoms with Gasteiger partial charge in [-0.2, -0.15) is 0 Å². The lowest BCUT2D eigenvalue weighted by Gasteiger charge is -2.29. The summed E-state index contributed by atoms with van der Waals surface area (Å²) < 4.78 is 40.9. The molecule has 0 bridgehead atoms. The van der Waals surface area contributed by atoms with E-state index in [0.717, 1.165) is 13.1 Å². The maximum Gasteiger partial charge on any atom is 0.259 e. The molecule has 2 aliphatic rings. The minimum absolute atomic E-state index is 0.0953. The number of halogens is 3. The fourth-order valence-electron chi connectivity index (χ4n) is 3.10. The zero-order valence-corrected chi connectivity index (χ0v) is 11.7. The predicted molar refractivity (Wildman–Crippen MR) is 70.8 cm³/mol. The molecule has 0 N–H and O–H groups in total. The van der Waals surface area contributed by atoms with E-state index in [9.17, 15) is 18.0 Å². The topological polar surface area (TPSA) is 33.2 Å². The van der Waals surface area contributed by atoms with Gasteiger partial charge in [0.15, 0.2) is 0 Å². The van der Waals surface area contributed by atoms with Gasteiger partial charge in [-0.25, -0.2) is 13.2 Å². The lowest BCUT2D eigenvalue weighted by Crippen LogP contribution is -2.43. The van der Waals surface area contributed by atoms with Gasteiger partial charge in [0.2, 0.25) is 5.91 Å². The largest absolute Gasteiger partial charge is 0.308 e. The number of pyridine rings is 1. The highest BCUT2D eigenvalue weighted by molar-refractivity contribution is 5.95. The van der Waals surface area contributed by atoms with Crippen LogP contribution < -0.4 is 0 Å². The molecule has 0 saturated carbocycles. The van der Waals surface area contributed by atoms with Crippen LogP contribution in [0.4, 0.5) is 13.2 Å². The molecule has 1 saturated heterocycles. The summed E-state index contributed by atoms with van der Waals surface area (Å²) in [6.07, 6.45) is 4.88. The quantitative estimate of drug-likeness (QED) is 0.839. The summed E-state index contributed by atoms with van der Waals surface area (Å²) in [5.74, 6) is -4.22. The van der Waals surface area contributed by atoms with Gasteiger partial charge in [0.25, 0.3) is 5.92 Å². The molecule has 0 unspecified atom stereocenters. The first-order valence-electron chi connectivity index (χ1n) is 6.76. The molecular formula is C15H15F3N2O. The molecule has 0 aromatic carbocycles. The van der Waals surface area contributed by atoms with Crippen molar-refractivity contribution in [2.45, 2.75) is 38.7 Å². The van der Waals surface area contributed by atoms with Crippen molar-refractivity contribution in [2.24, 2.45) is 5.41 Å². The van der Waals surface area contributed by atoms with Gasteiger partial charge < -0.3 is 4.90 Å². The number of aromatic nitrogens is 1. The van der Waals surface area contributed by atoms with Crippen LogP contribution in [0, 0.1) is 11.2 Å². The molecule has 6 heteroatoms. The molecule has 0 radical (unpaired) electrons. The Morgan fingerprint density at radius 2 is 2.14 bits per heavy atom. The molecule has 3 nitrogen and oxygen atoms in total. The Bertz CT molecular complexity index is 638. The van der Waals surface area contributed by atoms with E-state index in [2.05, 4.69) is 4.98 Å². The van der Waals surface area contributed by atoms with Crippen LogP contribution in [-0.2, 0) is 4.79 Å². The van der Waals surface area contributed by atoms with E-state index in [1.807, 2.05) is 0 Å². The van der Waals surface area contributed by atoms with Gasteiger partial charge in [-0.3, -0.25) is 9.78 Å². The van der Waals surface area contributed by atoms with E-state index in [1.165, 1.54) is 24.1 Å². The summed E-state index contributed by atoms with van der Waals surface area (Å²) in [6.45, 7) is 2.08. The Balaban J connectivity index is 1.98. The van der Waals surface area contributed by atoms with Crippen LogP contribution >= 0.6 is 0 Å². The number of hydrogen-bond donors (Lipinski definition) is 0. The zero-order valence-electron chi connectivity index (χ0n) is 11.7. The molecule has 21 heavy (non-hydrogen) atoms. The Morgan fingerprint density at radius 1 is 1.43 bits per heavy atom. The van der Waals surface area contributed by atoms with Gasteiger partial charge in [0.1, 0.15) is 11.2 Å². The molecule has 3 rings (SSSR count). The number of alkyl halides is 2. The van der Waals surface area contributed by atoms with Gasteiger partial charge in [-0.15, -0.1) is 0 Å². The van der Waals surface area contributed by atoms with Crippen molar-refractivity contribution in [3.8, 4) is 0 Å². The second-order valence-corrected chi connectivity index (χ2v) is 5.97. The summed E-state index contributed by atoms with van der Waals surface area (Å²) in [5.41, 5.74) is -0.794. The van der Waals surface area contributed by atoms with Crippen molar-refractivity contribution in [3.05, 3.63) is 35.9 Å². The van der Waals surface area contributed by atoms with Gasteiger partial charge in [-0.1, -0.05) is 6.08 Å². The van der Waals surface area contributed by atoms with Crippen molar-refractivity contribution < 1.29 is 18.0 Å². The number of fused-ring (bicyclic) bond motifs is 1. The Kier molecular flexibility index (Phi) is 2.90. The van der Waals surface area contributed by atoms with Crippen LogP contribution in [0.15, 0.2) is 24.5 Å². The van der Waals surface area contributed by atoms with E-state index >= 15 is 0 Å². The third-order valence-electron chi connectivity index (χ3n) is 4.51. The number of nitrogens with zero attached hydrogens (tertiary/aromatic N) is 2. The first kappa shape index (κ1) is 14.1. The van der Waals surface area contributed by atoms with Crippen molar-refractivity contribution in [1.29, 1.82) is 0 Å². The standard InChI is InChI=1S/C15H15F3N2O/c1-14(15(2,17)18)6-11-3-4-12(20(11)13(14)21)9-5-10(16)8-19-7-9/h4-5,7-8,11H,3,6H2,1-2H3/t11-,14-/m1/s1. The lowest BCUT2D eigenvalue weighted by atomic mass is 9.80. The van der Waals surface area contributed by atoms with Gasteiger partial charge in [0.05, 0.1) is 6.20 Å². The molecule has 1 amide bonds. The highest BCUT2D eigenvalue weighted by Crippen LogP contribution is 2.52. The molecule has 1 aromatic rings. The third-order valence-corrected chi connectivity index (χ3v) is 4.51. The first-order valence-corrected chi connectivity index (χ1v) is 6.76. The van der Waals surface area contributed by atoms with Crippen LogP contribution in [0.25, 0.3) is 5.70 Å². The maximum absolute atomic E-state index is 13.8. The second kappa shape index (κ2) is 4.32. The maximum atomic E-state index is 13.8. The zero-order chi connectivity index (χ0) is 15.4. The monoisotopic (exact) mass is 296 g/mol. The summed E-state index contributed by atoms with van der Waals surface area (Å²) in [4.78, 5) is 17.6. The van der Waals surface area contributed by atoms with E-state index in [-0.39, 0.29) is 12.5 Å². The normalized spacial score (nSPS) is 28.8. The van der Waals surface area contributed by atoms with Crippen LogP contribution in [-0.4, -0.2) is 27.8 Å². The van der Waals surface area contributed by atoms with E-state index in [1.54, 1.807) is 6.08 Å². The van der Waals surface area contributed by atoms with E-state index < -0.39 is 23.1 Å². The highest BCUT2D eigenvalue weighted by Gasteiger charge is 2.61. The lowest BCUT2D eigenvalue weighted by molar-refractivity contribution is -0.153. The fraction of sp³-hybridized carbons (Fsp3) is 0.467. The Labute approximate surface area is 120 Å². The summed E-state index contributed by atoms with van der Waals surface area (Å²) in [5, 5.41) is 0. The number of hydrogen-bond acceptors (Lipinski definition) is 2. The average molecular weight is 296 g/mol. The van der Waals surface area contributed by atoms with Crippen molar-refractivity contribution in [3.63, 3.8) is 0 Å². The Morgan fingerprint density at radius 3 is 2.76 bits per heavy atom. The van der Waals surface area contributed by atoms with Gasteiger partial charge in [0, 0.05) is 30.4 Å². The van der Waals surface area contributed by atoms with Crippen LogP contribution in [0.2, 0.25) is 0 Å². The molecule has 1 aromatic heterocycles. The molecule has 2 aliphatic heterocycles. The first-order chi connectivity index (χ1) is 9.74. The van der Waals surface area contributed by atoms with Crippen molar-refractivity contribution in [1.82, 2.24) is 9.88 Å². The smallest absolute Gasteiger partial charge is 0.259 e. The number of rotatable bonds is 2. The van der Waals surface area contributed by atoms with Gasteiger partial charge >= 0.3 is 0 Å². The summed E-state index contributed by atoms with van der Waals surface area (Å²) in [7, 11) is 0. The minimum atomic E-state index is -3.10. The molecule has 3 heterocycles. The van der Waals surface area contributed by atoms with Crippen molar-refractivity contribution in [2.75, 3.05) is 0 Å². The van der Waals surface area contributed by atoms with Crippen LogP contribution in [0.3, 0.4) is 0 Å². The molecule has 0 aliphatic carbocycles. The van der Waals surface area contributed by atoms with Crippen LogP contribution in [0.1, 0.15) is 32.3 Å². The number of carbonyl (C=O) groups excluding carboxylic acids is 1. The Hall–Kier alpha value is -1.85. The van der Waals surface area contributed by atoms with Gasteiger partial charge in [-0.05, 0) is 25.8 Å². The highest BCUT2D eigenvalue weighted by atomic mass is 19.3. The second-order valence-electron chi connectivity index (χ2n) is 5.97. The molecule has 112 valence electrons. The summed E-state index contributed by atoms with van der Waals surface area (Å²) in [6, 6.07) is 0.973. The van der Waals surface area contributed by atoms with E-state index in [0.29, 0.717) is 17.7 Å². The molecule has 1 fully saturated rings. The number of amides is 1. The van der Waals surface area contributed by atoms with Crippen molar-refractivity contribution >= 4 is 11.6 Å². The average Bonchev–Trinajstić information content (AvgIpc) is 2.89. The fourth-order valence-corrected chi connectivity index (χ4v) is 3.10. The van der Waals surface area contributed by atoms with Crippen LogP contribution in [0.5, 0.6) is 0 Å². The molecule has 0 spiro atoms. The summed E-state index contributed by atoms with van der Waals surface area (Å²) >= 11 is 0. The third kappa shape index (κ3) is 1.96. The SMILES string of the molecule is CC(F)(F)[C@]1(C)C[C@H]2CC=C(c3cncc(F)c3)N2C1=O. The molecule has 2 atom stereocenters. The molecular weight excluding hydrogens is 281 g/mol. The number of carbonyl (C=O) groups is 1. The minimum Gasteiger partial charge on any atom is -0.308 e.